The van der Waals surface area contributed by atoms with Crippen molar-refractivity contribution < 1.29 is 4.74 Å². The quantitative estimate of drug-likeness (QED) is 0.909. The summed E-state index contributed by atoms with van der Waals surface area (Å²) in [5, 5.41) is 0. The van der Waals surface area contributed by atoms with Crippen molar-refractivity contribution in [2.45, 2.75) is 19.6 Å². The molecule has 1 heterocycles. The van der Waals surface area contributed by atoms with Gasteiger partial charge in [-0.25, -0.2) is 0 Å². The van der Waals surface area contributed by atoms with E-state index in [1.54, 1.807) is 0 Å². The first kappa shape index (κ1) is 12.4. The lowest BCUT2D eigenvalue weighted by Crippen LogP contribution is -2.04. The topological polar surface area (TPSA) is 35.2 Å². The van der Waals surface area contributed by atoms with Crippen LogP contribution in [0.2, 0.25) is 4.34 Å². The number of ether oxygens (including phenoxy) is 1. The van der Waals surface area contributed by atoms with E-state index in [0.29, 0.717) is 6.61 Å². The molecule has 1 aromatic heterocycles. The molecule has 0 aliphatic heterocycles. The summed E-state index contributed by atoms with van der Waals surface area (Å²) in [4.78, 5) is 1.12. The Labute approximate surface area is 110 Å². The van der Waals surface area contributed by atoms with E-state index >= 15 is 0 Å². The van der Waals surface area contributed by atoms with Crippen LogP contribution in [0.1, 0.15) is 23.4 Å². The minimum Gasteiger partial charge on any atom is -0.488 e. The minimum absolute atomic E-state index is 0.0557. The molecule has 0 aliphatic carbocycles. The van der Waals surface area contributed by atoms with Gasteiger partial charge in [-0.3, -0.25) is 0 Å². The van der Waals surface area contributed by atoms with Gasteiger partial charge in [-0.1, -0.05) is 23.7 Å². The molecule has 2 aromatic rings. The Hall–Kier alpha value is -1.03. The average molecular weight is 268 g/mol. The van der Waals surface area contributed by atoms with Crippen LogP contribution in [0.5, 0.6) is 5.75 Å². The van der Waals surface area contributed by atoms with Crippen molar-refractivity contribution in [1.29, 1.82) is 0 Å². The molecule has 2 N–H and O–H groups in total. The zero-order valence-corrected chi connectivity index (χ0v) is 11.1. The number of rotatable bonds is 4. The number of halogens is 1. The third-order valence-corrected chi connectivity index (χ3v) is 3.62. The SMILES string of the molecule is C[C@H](N)c1ccc(OCc2ccc(Cl)s2)cc1. The second kappa shape index (κ2) is 5.54. The monoisotopic (exact) mass is 267 g/mol. The predicted molar refractivity (Wildman–Crippen MR) is 72.7 cm³/mol. The summed E-state index contributed by atoms with van der Waals surface area (Å²) in [7, 11) is 0. The highest BCUT2D eigenvalue weighted by molar-refractivity contribution is 7.16. The van der Waals surface area contributed by atoms with Crippen molar-refractivity contribution in [1.82, 2.24) is 0 Å². The fourth-order valence-corrected chi connectivity index (χ4v) is 2.45. The van der Waals surface area contributed by atoms with Crippen LogP contribution >= 0.6 is 22.9 Å². The van der Waals surface area contributed by atoms with Crippen LogP contribution in [0.4, 0.5) is 0 Å². The average Bonchev–Trinajstić information content (AvgIpc) is 2.73. The molecular weight excluding hydrogens is 254 g/mol. The number of thiophene rings is 1. The van der Waals surface area contributed by atoms with Crippen molar-refractivity contribution in [3.05, 3.63) is 51.2 Å². The summed E-state index contributed by atoms with van der Waals surface area (Å²) < 4.78 is 6.44. The Morgan fingerprint density at radius 3 is 2.47 bits per heavy atom. The summed E-state index contributed by atoms with van der Waals surface area (Å²) in [6.07, 6.45) is 0. The Bertz CT molecular complexity index is 478. The smallest absolute Gasteiger partial charge is 0.122 e. The lowest BCUT2D eigenvalue weighted by Gasteiger charge is -2.08. The second-order valence-electron chi connectivity index (χ2n) is 3.85. The standard InChI is InChI=1S/C13H14ClNOS/c1-9(15)10-2-4-11(5-3-10)16-8-12-6-7-13(14)17-12/h2-7,9H,8,15H2,1H3/t9-/m0/s1. The molecule has 2 nitrogen and oxygen atoms in total. The maximum atomic E-state index is 5.85. The summed E-state index contributed by atoms with van der Waals surface area (Å²) in [6.45, 7) is 2.51. The number of hydrogen-bond acceptors (Lipinski definition) is 3. The molecule has 90 valence electrons. The van der Waals surface area contributed by atoms with E-state index in [1.807, 2.05) is 43.3 Å². The van der Waals surface area contributed by atoms with Crippen molar-refractivity contribution >= 4 is 22.9 Å². The van der Waals surface area contributed by atoms with Gasteiger partial charge in [0, 0.05) is 10.9 Å². The van der Waals surface area contributed by atoms with Crippen LogP contribution in [0.15, 0.2) is 36.4 Å². The molecular formula is C13H14ClNOS. The van der Waals surface area contributed by atoms with Crippen molar-refractivity contribution in [3.63, 3.8) is 0 Å². The molecule has 1 aromatic carbocycles. The van der Waals surface area contributed by atoms with Gasteiger partial charge in [0.2, 0.25) is 0 Å². The third kappa shape index (κ3) is 3.46. The fraction of sp³-hybridized carbons (Fsp3) is 0.231. The first-order valence-corrected chi connectivity index (χ1v) is 6.57. The highest BCUT2D eigenvalue weighted by Crippen LogP contribution is 2.23. The molecule has 0 unspecified atom stereocenters. The lowest BCUT2D eigenvalue weighted by atomic mass is 10.1. The summed E-state index contributed by atoms with van der Waals surface area (Å²) in [5.41, 5.74) is 6.89. The molecule has 17 heavy (non-hydrogen) atoms. The summed E-state index contributed by atoms with van der Waals surface area (Å²) in [6, 6.07) is 11.8. The second-order valence-corrected chi connectivity index (χ2v) is 5.65. The zero-order valence-electron chi connectivity index (χ0n) is 9.52. The zero-order chi connectivity index (χ0) is 12.3. The van der Waals surface area contributed by atoms with Crippen molar-refractivity contribution in [3.8, 4) is 5.75 Å². The van der Waals surface area contributed by atoms with Gasteiger partial charge in [0.05, 0.1) is 4.34 Å². The molecule has 0 fully saturated rings. The molecule has 2 rings (SSSR count). The van der Waals surface area contributed by atoms with Crippen LogP contribution in [0.25, 0.3) is 0 Å². The molecule has 1 atom stereocenters. The van der Waals surface area contributed by atoms with Crippen LogP contribution in [-0.2, 0) is 6.61 Å². The van der Waals surface area contributed by atoms with E-state index in [0.717, 1.165) is 20.5 Å². The largest absolute Gasteiger partial charge is 0.488 e. The highest BCUT2D eigenvalue weighted by Gasteiger charge is 2.01. The van der Waals surface area contributed by atoms with Gasteiger partial charge in [-0.05, 0) is 36.8 Å². The molecule has 0 saturated heterocycles. The van der Waals surface area contributed by atoms with Gasteiger partial charge in [0.1, 0.15) is 12.4 Å². The highest BCUT2D eigenvalue weighted by atomic mass is 35.5. The predicted octanol–water partition coefficient (Wildman–Crippen LogP) is 4.00. The number of nitrogens with two attached hydrogens (primary N) is 1. The summed E-state index contributed by atoms with van der Waals surface area (Å²) in [5.74, 6) is 0.846. The normalized spacial score (nSPS) is 12.4. The first-order valence-electron chi connectivity index (χ1n) is 5.37. The van der Waals surface area contributed by atoms with Crippen molar-refractivity contribution in [2.24, 2.45) is 5.73 Å². The van der Waals surface area contributed by atoms with Crippen LogP contribution in [-0.4, -0.2) is 0 Å². The van der Waals surface area contributed by atoms with Gasteiger partial charge in [0.15, 0.2) is 0 Å². The van der Waals surface area contributed by atoms with Crippen molar-refractivity contribution in [2.75, 3.05) is 0 Å². The minimum atomic E-state index is 0.0557. The van der Waals surface area contributed by atoms with Gasteiger partial charge in [0.25, 0.3) is 0 Å². The molecule has 0 radical (unpaired) electrons. The number of benzene rings is 1. The molecule has 0 saturated carbocycles. The maximum absolute atomic E-state index is 5.85. The molecule has 0 amide bonds. The molecule has 0 spiro atoms. The molecule has 0 aliphatic rings. The lowest BCUT2D eigenvalue weighted by molar-refractivity contribution is 0.309. The Balaban J connectivity index is 1.95. The van der Waals surface area contributed by atoms with Gasteiger partial charge >= 0.3 is 0 Å². The first-order chi connectivity index (χ1) is 8.15. The third-order valence-electron chi connectivity index (χ3n) is 2.42. The Morgan fingerprint density at radius 1 is 1.24 bits per heavy atom. The van der Waals surface area contributed by atoms with Gasteiger partial charge < -0.3 is 10.5 Å². The molecule has 0 bridgehead atoms. The van der Waals surface area contributed by atoms with E-state index < -0.39 is 0 Å². The fourth-order valence-electron chi connectivity index (χ4n) is 1.45. The van der Waals surface area contributed by atoms with Crippen LogP contribution in [0.3, 0.4) is 0 Å². The van der Waals surface area contributed by atoms with E-state index in [-0.39, 0.29) is 6.04 Å². The number of hydrogen-bond donors (Lipinski definition) is 1. The van der Waals surface area contributed by atoms with Crippen LogP contribution < -0.4 is 10.5 Å². The van der Waals surface area contributed by atoms with Gasteiger partial charge in [-0.15, -0.1) is 11.3 Å². The summed E-state index contributed by atoms with van der Waals surface area (Å²) >= 11 is 7.38. The van der Waals surface area contributed by atoms with E-state index in [1.165, 1.54) is 11.3 Å². The Kier molecular flexibility index (Phi) is 4.05. The van der Waals surface area contributed by atoms with E-state index in [4.69, 9.17) is 22.1 Å². The Morgan fingerprint density at radius 2 is 1.94 bits per heavy atom. The maximum Gasteiger partial charge on any atom is 0.122 e. The van der Waals surface area contributed by atoms with E-state index in [9.17, 15) is 0 Å². The van der Waals surface area contributed by atoms with Gasteiger partial charge in [-0.2, -0.15) is 0 Å². The molecule has 4 heteroatoms. The van der Waals surface area contributed by atoms with E-state index in [2.05, 4.69) is 0 Å². The van der Waals surface area contributed by atoms with Crippen LogP contribution in [0, 0.1) is 0 Å².